The summed E-state index contributed by atoms with van der Waals surface area (Å²) in [7, 11) is 0. The van der Waals surface area contributed by atoms with Gasteiger partial charge in [-0.05, 0) is 50.9 Å². The lowest BCUT2D eigenvalue weighted by atomic mass is 9.72. The zero-order valence-corrected chi connectivity index (χ0v) is 13.4. The van der Waals surface area contributed by atoms with Crippen LogP contribution in [0.3, 0.4) is 0 Å². The average Bonchev–Trinajstić information content (AvgIpc) is 2.42. The predicted molar refractivity (Wildman–Crippen MR) is 78.9 cm³/mol. The van der Waals surface area contributed by atoms with Crippen molar-refractivity contribution in [2.45, 2.75) is 70.6 Å². The molecule has 21 heavy (non-hydrogen) atoms. The molecule has 0 radical (unpaired) electrons. The average molecular weight is 306 g/mol. The maximum atomic E-state index is 12.9. The van der Waals surface area contributed by atoms with Crippen LogP contribution in [0.5, 0.6) is 0 Å². The molecule has 2 N–H and O–H groups in total. The van der Waals surface area contributed by atoms with Crippen molar-refractivity contribution in [3.8, 4) is 0 Å². The Bertz CT molecular complexity index is 348. The van der Waals surface area contributed by atoms with Gasteiger partial charge >= 0.3 is 6.18 Å². The van der Waals surface area contributed by atoms with Crippen LogP contribution in [0.1, 0.15) is 52.9 Å². The van der Waals surface area contributed by atoms with Crippen LogP contribution in [0.25, 0.3) is 0 Å². The van der Waals surface area contributed by atoms with Crippen LogP contribution in [0, 0.1) is 17.8 Å². The van der Waals surface area contributed by atoms with E-state index >= 15 is 0 Å². The van der Waals surface area contributed by atoms with E-state index in [-0.39, 0.29) is 18.4 Å². The fourth-order valence-corrected chi connectivity index (χ4v) is 4.43. The number of rotatable bonds is 2. The Morgan fingerprint density at radius 1 is 1.14 bits per heavy atom. The minimum absolute atomic E-state index is 0.218. The topological polar surface area (TPSA) is 29.3 Å². The molecule has 2 rings (SSSR count). The molecule has 3 atom stereocenters. The molecular formula is C16H29F3N2. The number of hydrogen-bond donors (Lipinski definition) is 1. The Hall–Kier alpha value is -0.290. The Morgan fingerprint density at radius 2 is 1.71 bits per heavy atom. The zero-order valence-electron chi connectivity index (χ0n) is 13.4. The van der Waals surface area contributed by atoms with Gasteiger partial charge in [0.25, 0.3) is 0 Å². The molecule has 1 saturated carbocycles. The van der Waals surface area contributed by atoms with E-state index in [2.05, 4.69) is 25.7 Å². The highest BCUT2D eigenvalue weighted by Crippen LogP contribution is 2.45. The molecule has 0 spiro atoms. The van der Waals surface area contributed by atoms with Gasteiger partial charge in [0.2, 0.25) is 0 Å². The van der Waals surface area contributed by atoms with Gasteiger partial charge in [0.15, 0.2) is 0 Å². The second-order valence-corrected chi connectivity index (χ2v) is 7.46. The fraction of sp³-hybridized carbons (Fsp3) is 1.00. The van der Waals surface area contributed by atoms with Crippen molar-refractivity contribution in [3.05, 3.63) is 0 Å². The standard InChI is InChI=1S/C16H29F3N2/c1-11-8-12(2)13(3)21(9-11)15(10-20)6-4-14(5-7-15)16(17,18)19/h11-14H,4-10,20H2,1-3H3. The van der Waals surface area contributed by atoms with Gasteiger partial charge in [0.1, 0.15) is 0 Å². The number of nitrogens with two attached hydrogens (primary N) is 1. The Labute approximate surface area is 126 Å². The van der Waals surface area contributed by atoms with Gasteiger partial charge in [-0.1, -0.05) is 13.8 Å². The third-order valence-electron chi connectivity index (χ3n) is 5.97. The lowest BCUT2D eigenvalue weighted by Gasteiger charge is -2.54. The summed E-state index contributed by atoms with van der Waals surface area (Å²) in [5.74, 6) is 0.0459. The summed E-state index contributed by atoms with van der Waals surface area (Å²) in [4.78, 5) is 2.44. The Kier molecular flexibility index (Phi) is 4.94. The summed E-state index contributed by atoms with van der Waals surface area (Å²) >= 11 is 0. The molecule has 5 heteroatoms. The van der Waals surface area contributed by atoms with Gasteiger partial charge in [-0.2, -0.15) is 13.2 Å². The number of halogens is 3. The van der Waals surface area contributed by atoms with E-state index in [1.807, 2.05) is 0 Å². The molecule has 0 aromatic carbocycles. The van der Waals surface area contributed by atoms with Crippen molar-refractivity contribution < 1.29 is 13.2 Å². The lowest BCUT2D eigenvalue weighted by molar-refractivity contribution is -0.190. The molecule has 1 saturated heterocycles. The van der Waals surface area contributed by atoms with Crippen LogP contribution >= 0.6 is 0 Å². The quantitative estimate of drug-likeness (QED) is 0.841. The molecule has 0 amide bonds. The van der Waals surface area contributed by atoms with E-state index in [1.54, 1.807) is 0 Å². The van der Waals surface area contributed by atoms with Gasteiger partial charge in [-0.15, -0.1) is 0 Å². The van der Waals surface area contributed by atoms with Crippen LogP contribution in [0.4, 0.5) is 13.2 Å². The van der Waals surface area contributed by atoms with E-state index < -0.39 is 12.1 Å². The van der Waals surface area contributed by atoms with Crippen LogP contribution in [0.2, 0.25) is 0 Å². The first kappa shape index (κ1) is 17.1. The molecule has 1 aliphatic carbocycles. The van der Waals surface area contributed by atoms with Crippen LogP contribution < -0.4 is 5.73 Å². The third kappa shape index (κ3) is 3.39. The van der Waals surface area contributed by atoms with Crippen molar-refractivity contribution in [1.29, 1.82) is 0 Å². The van der Waals surface area contributed by atoms with Gasteiger partial charge in [-0.25, -0.2) is 0 Å². The molecule has 2 aliphatic rings. The van der Waals surface area contributed by atoms with Crippen molar-refractivity contribution in [2.24, 2.45) is 23.5 Å². The third-order valence-corrected chi connectivity index (χ3v) is 5.97. The predicted octanol–water partition coefficient (Wildman–Crippen LogP) is 3.80. The summed E-state index contributed by atoms with van der Waals surface area (Å²) < 4.78 is 38.7. The van der Waals surface area contributed by atoms with Gasteiger partial charge in [0, 0.05) is 24.7 Å². The molecule has 0 aromatic heterocycles. The highest BCUT2D eigenvalue weighted by Gasteiger charge is 2.49. The number of hydrogen-bond acceptors (Lipinski definition) is 2. The lowest BCUT2D eigenvalue weighted by Crippen LogP contribution is -2.63. The summed E-state index contributed by atoms with van der Waals surface area (Å²) in [5.41, 5.74) is 5.84. The van der Waals surface area contributed by atoms with E-state index in [0.29, 0.717) is 37.3 Å². The SMILES string of the molecule is CC1CC(C)C(C)N(C2(CN)CCC(C(F)(F)F)CC2)C1. The van der Waals surface area contributed by atoms with Crippen molar-refractivity contribution in [2.75, 3.05) is 13.1 Å². The monoisotopic (exact) mass is 306 g/mol. The van der Waals surface area contributed by atoms with E-state index in [1.165, 1.54) is 6.42 Å². The maximum absolute atomic E-state index is 12.9. The summed E-state index contributed by atoms with van der Waals surface area (Å²) in [6, 6.07) is 0.409. The largest absolute Gasteiger partial charge is 0.391 e. The molecule has 3 unspecified atom stereocenters. The highest BCUT2D eigenvalue weighted by molar-refractivity contribution is 5.01. The van der Waals surface area contributed by atoms with Crippen molar-refractivity contribution in [1.82, 2.24) is 4.90 Å². The first-order chi connectivity index (χ1) is 9.69. The van der Waals surface area contributed by atoms with E-state index in [0.717, 1.165) is 6.54 Å². The van der Waals surface area contributed by atoms with Gasteiger partial charge in [-0.3, -0.25) is 4.90 Å². The highest BCUT2D eigenvalue weighted by atomic mass is 19.4. The second-order valence-electron chi connectivity index (χ2n) is 7.46. The molecule has 0 aromatic rings. The molecular weight excluding hydrogens is 277 g/mol. The summed E-state index contributed by atoms with van der Waals surface area (Å²) in [5, 5.41) is 0. The van der Waals surface area contributed by atoms with E-state index in [4.69, 9.17) is 5.73 Å². The Morgan fingerprint density at radius 3 is 2.19 bits per heavy atom. The smallest absolute Gasteiger partial charge is 0.329 e. The number of nitrogens with zero attached hydrogens (tertiary/aromatic N) is 1. The van der Waals surface area contributed by atoms with Crippen LogP contribution in [0.15, 0.2) is 0 Å². The normalized spacial score (nSPS) is 43.0. The first-order valence-electron chi connectivity index (χ1n) is 8.23. The summed E-state index contributed by atoms with van der Waals surface area (Å²) in [6.45, 7) is 8.14. The molecule has 1 aliphatic heterocycles. The Balaban J connectivity index is 2.12. The number of likely N-dealkylation sites (tertiary alicyclic amines) is 1. The van der Waals surface area contributed by atoms with Gasteiger partial charge < -0.3 is 5.73 Å². The molecule has 1 heterocycles. The van der Waals surface area contributed by atoms with Crippen molar-refractivity contribution in [3.63, 3.8) is 0 Å². The molecule has 2 fully saturated rings. The molecule has 124 valence electrons. The van der Waals surface area contributed by atoms with Crippen LogP contribution in [-0.4, -0.2) is 35.7 Å². The fourth-order valence-electron chi connectivity index (χ4n) is 4.43. The van der Waals surface area contributed by atoms with Crippen LogP contribution in [-0.2, 0) is 0 Å². The number of piperidine rings is 1. The van der Waals surface area contributed by atoms with Crippen molar-refractivity contribution >= 4 is 0 Å². The zero-order chi connectivity index (χ0) is 15.8. The second kappa shape index (κ2) is 6.07. The maximum Gasteiger partial charge on any atom is 0.391 e. The van der Waals surface area contributed by atoms with E-state index in [9.17, 15) is 13.2 Å². The van der Waals surface area contributed by atoms with Gasteiger partial charge in [0.05, 0.1) is 5.92 Å². The molecule has 2 nitrogen and oxygen atoms in total. The molecule has 0 bridgehead atoms. The first-order valence-corrected chi connectivity index (χ1v) is 8.23. The number of alkyl halides is 3. The minimum Gasteiger partial charge on any atom is -0.329 e. The summed E-state index contributed by atoms with van der Waals surface area (Å²) in [6.07, 6.45) is -1.23. The minimum atomic E-state index is -4.05.